The van der Waals surface area contributed by atoms with E-state index in [1.165, 1.54) is 19.3 Å². The summed E-state index contributed by atoms with van der Waals surface area (Å²) in [5.74, 6) is -0.0306. The van der Waals surface area contributed by atoms with E-state index in [4.69, 9.17) is 0 Å². The minimum atomic E-state index is -0.0306. The molecule has 0 saturated carbocycles. The van der Waals surface area contributed by atoms with Crippen molar-refractivity contribution in [1.29, 1.82) is 0 Å². The van der Waals surface area contributed by atoms with Crippen LogP contribution in [0.25, 0.3) is 0 Å². The fourth-order valence-electron chi connectivity index (χ4n) is 2.54. The van der Waals surface area contributed by atoms with E-state index in [1.54, 1.807) is 7.05 Å². The second kappa shape index (κ2) is 6.57. The lowest BCUT2D eigenvalue weighted by atomic mass is 10.0. The number of rotatable bonds is 4. The molecule has 0 aromatic heterocycles. The van der Waals surface area contributed by atoms with E-state index in [0.717, 1.165) is 29.9 Å². The minimum absolute atomic E-state index is 0.0306. The van der Waals surface area contributed by atoms with Gasteiger partial charge in [0.25, 0.3) is 5.91 Å². The van der Waals surface area contributed by atoms with Crippen molar-refractivity contribution in [3.63, 3.8) is 0 Å². The molecular weight excluding hydrogens is 238 g/mol. The van der Waals surface area contributed by atoms with Crippen molar-refractivity contribution in [1.82, 2.24) is 10.6 Å². The summed E-state index contributed by atoms with van der Waals surface area (Å²) in [6.07, 6.45) is 3.81. The highest BCUT2D eigenvalue weighted by molar-refractivity contribution is 5.96. The molecule has 1 aromatic rings. The zero-order valence-corrected chi connectivity index (χ0v) is 11.8. The molecule has 1 aromatic carbocycles. The van der Waals surface area contributed by atoms with Crippen LogP contribution in [0, 0.1) is 6.92 Å². The van der Waals surface area contributed by atoms with Crippen LogP contribution in [0.3, 0.4) is 0 Å². The maximum Gasteiger partial charge on any atom is 0.251 e. The summed E-state index contributed by atoms with van der Waals surface area (Å²) >= 11 is 0. The molecule has 0 bridgehead atoms. The van der Waals surface area contributed by atoms with Crippen LogP contribution in [0.5, 0.6) is 0 Å². The summed E-state index contributed by atoms with van der Waals surface area (Å²) < 4.78 is 0. The van der Waals surface area contributed by atoms with Crippen LogP contribution in [0.15, 0.2) is 18.2 Å². The lowest BCUT2D eigenvalue weighted by molar-refractivity contribution is 0.0962. The third kappa shape index (κ3) is 3.47. The zero-order chi connectivity index (χ0) is 13.7. The molecule has 1 aliphatic heterocycles. The Labute approximate surface area is 115 Å². The normalized spacial score (nSPS) is 18.9. The average molecular weight is 261 g/mol. The quantitative estimate of drug-likeness (QED) is 0.776. The Morgan fingerprint density at radius 2 is 2.26 bits per heavy atom. The molecule has 0 radical (unpaired) electrons. The van der Waals surface area contributed by atoms with Gasteiger partial charge in [0.1, 0.15) is 0 Å². The summed E-state index contributed by atoms with van der Waals surface area (Å²) in [6.45, 7) is 4.02. The summed E-state index contributed by atoms with van der Waals surface area (Å²) in [6, 6.07) is 6.36. The van der Waals surface area contributed by atoms with Crippen LogP contribution in [0.1, 0.15) is 35.2 Å². The van der Waals surface area contributed by atoms with Crippen LogP contribution < -0.4 is 16.0 Å². The standard InChI is InChI=1S/C15H23N3O/c1-11-13(15(19)16-2)7-5-8-14(11)18-10-12-6-3-4-9-17-12/h5,7-8,12,17-18H,3-4,6,9-10H2,1-2H3,(H,16,19). The minimum Gasteiger partial charge on any atom is -0.383 e. The van der Waals surface area contributed by atoms with Crippen molar-refractivity contribution in [2.75, 3.05) is 25.5 Å². The first-order valence-corrected chi connectivity index (χ1v) is 7.01. The number of carbonyl (C=O) groups is 1. The first-order valence-electron chi connectivity index (χ1n) is 7.01. The van der Waals surface area contributed by atoms with Gasteiger partial charge in [0.2, 0.25) is 0 Å². The second-order valence-electron chi connectivity index (χ2n) is 5.08. The second-order valence-corrected chi connectivity index (χ2v) is 5.08. The van der Waals surface area contributed by atoms with Crippen LogP contribution in [-0.2, 0) is 0 Å². The zero-order valence-electron chi connectivity index (χ0n) is 11.8. The third-order valence-corrected chi connectivity index (χ3v) is 3.76. The fourth-order valence-corrected chi connectivity index (χ4v) is 2.54. The first kappa shape index (κ1) is 13.9. The van der Waals surface area contributed by atoms with E-state index < -0.39 is 0 Å². The van der Waals surface area contributed by atoms with Gasteiger partial charge in [-0.3, -0.25) is 4.79 Å². The molecule has 0 spiro atoms. The summed E-state index contributed by atoms with van der Waals surface area (Å²) in [7, 11) is 1.66. The van der Waals surface area contributed by atoms with Crippen molar-refractivity contribution in [2.24, 2.45) is 0 Å². The van der Waals surface area contributed by atoms with Crippen LogP contribution in [0.2, 0.25) is 0 Å². The Hall–Kier alpha value is -1.55. The summed E-state index contributed by atoms with van der Waals surface area (Å²) in [5, 5.41) is 9.65. The van der Waals surface area contributed by atoms with Crippen molar-refractivity contribution in [3.05, 3.63) is 29.3 Å². The van der Waals surface area contributed by atoms with Crippen LogP contribution in [0.4, 0.5) is 5.69 Å². The molecule has 3 N–H and O–H groups in total. The van der Waals surface area contributed by atoms with Crippen molar-refractivity contribution >= 4 is 11.6 Å². The van der Waals surface area contributed by atoms with Gasteiger partial charge >= 0.3 is 0 Å². The van der Waals surface area contributed by atoms with E-state index in [1.807, 2.05) is 25.1 Å². The Bertz CT molecular complexity index is 439. The Kier molecular flexibility index (Phi) is 4.80. The van der Waals surface area contributed by atoms with E-state index in [-0.39, 0.29) is 5.91 Å². The fraction of sp³-hybridized carbons (Fsp3) is 0.533. The molecule has 1 amide bonds. The molecule has 4 heteroatoms. The molecule has 0 aliphatic carbocycles. The van der Waals surface area contributed by atoms with Gasteiger partial charge in [0.15, 0.2) is 0 Å². The topological polar surface area (TPSA) is 53.2 Å². The summed E-state index contributed by atoms with van der Waals surface area (Å²) in [4.78, 5) is 11.7. The number of benzene rings is 1. The highest BCUT2D eigenvalue weighted by atomic mass is 16.1. The predicted molar refractivity (Wildman–Crippen MR) is 78.7 cm³/mol. The Morgan fingerprint density at radius 3 is 2.95 bits per heavy atom. The lowest BCUT2D eigenvalue weighted by Gasteiger charge is -2.24. The van der Waals surface area contributed by atoms with E-state index >= 15 is 0 Å². The van der Waals surface area contributed by atoms with E-state index in [2.05, 4.69) is 16.0 Å². The molecule has 1 aliphatic rings. The van der Waals surface area contributed by atoms with Crippen LogP contribution in [-0.4, -0.2) is 32.1 Å². The van der Waals surface area contributed by atoms with E-state index in [9.17, 15) is 4.79 Å². The predicted octanol–water partition coefficient (Wildman–Crippen LogP) is 1.91. The largest absolute Gasteiger partial charge is 0.383 e. The van der Waals surface area contributed by atoms with Gasteiger partial charge in [-0.15, -0.1) is 0 Å². The Balaban J connectivity index is 2.01. The van der Waals surface area contributed by atoms with E-state index in [0.29, 0.717) is 6.04 Å². The van der Waals surface area contributed by atoms with Gasteiger partial charge < -0.3 is 16.0 Å². The van der Waals surface area contributed by atoms with Gasteiger partial charge in [0, 0.05) is 30.9 Å². The number of anilines is 1. The monoisotopic (exact) mass is 261 g/mol. The van der Waals surface area contributed by atoms with Crippen molar-refractivity contribution in [3.8, 4) is 0 Å². The van der Waals surface area contributed by atoms with Gasteiger partial charge in [0.05, 0.1) is 0 Å². The van der Waals surface area contributed by atoms with Gasteiger partial charge in [-0.1, -0.05) is 12.5 Å². The molecule has 1 fully saturated rings. The number of hydrogen-bond acceptors (Lipinski definition) is 3. The first-order chi connectivity index (χ1) is 9.22. The highest BCUT2D eigenvalue weighted by Gasteiger charge is 2.14. The average Bonchev–Trinajstić information content (AvgIpc) is 2.46. The smallest absolute Gasteiger partial charge is 0.251 e. The summed E-state index contributed by atoms with van der Waals surface area (Å²) in [5.41, 5.74) is 2.80. The van der Waals surface area contributed by atoms with Crippen molar-refractivity contribution < 1.29 is 4.79 Å². The molecule has 4 nitrogen and oxygen atoms in total. The van der Waals surface area contributed by atoms with Crippen molar-refractivity contribution in [2.45, 2.75) is 32.2 Å². The molecule has 1 unspecified atom stereocenters. The maximum absolute atomic E-state index is 11.7. The number of carbonyl (C=O) groups excluding carboxylic acids is 1. The van der Waals surface area contributed by atoms with Gasteiger partial charge in [-0.05, 0) is 44.0 Å². The maximum atomic E-state index is 11.7. The number of hydrogen-bond donors (Lipinski definition) is 3. The molecule has 1 saturated heterocycles. The number of piperidine rings is 1. The van der Waals surface area contributed by atoms with Gasteiger partial charge in [-0.2, -0.15) is 0 Å². The highest BCUT2D eigenvalue weighted by Crippen LogP contribution is 2.19. The lowest BCUT2D eigenvalue weighted by Crippen LogP contribution is -2.39. The Morgan fingerprint density at radius 1 is 1.42 bits per heavy atom. The molecule has 104 valence electrons. The molecular formula is C15H23N3O. The molecule has 1 heterocycles. The third-order valence-electron chi connectivity index (χ3n) is 3.76. The molecule has 2 rings (SSSR count). The van der Waals surface area contributed by atoms with Crippen LogP contribution >= 0.6 is 0 Å². The van der Waals surface area contributed by atoms with Gasteiger partial charge in [-0.25, -0.2) is 0 Å². The molecule has 1 atom stereocenters. The number of nitrogens with one attached hydrogen (secondary N) is 3. The SMILES string of the molecule is CNC(=O)c1cccc(NCC2CCCCN2)c1C. The number of amides is 1. The molecule has 19 heavy (non-hydrogen) atoms.